The van der Waals surface area contributed by atoms with Crippen LogP contribution in [-0.4, -0.2) is 60.6 Å². The van der Waals surface area contributed by atoms with Crippen LogP contribution >= 0.6 is 0 Å². The lowest BCUT2D eigenvalue weighted by Crippen LogP contribution is -2.40. The van der Waals surface area contributed by atoms with Gasteiger partial charge in [0.05, 0.1) is 27.9 Å². The molecule has 1 aliphatic heterocycles. The van der Waals surface area contributed by atoms with E-state index in [0.717, 1.165) is 11.3 Å². The van der Waals surface area contributed by atoms with E-state index in [2.05, 4.69) is 15.5 Å². The van der Waals surface area contributed by atoms with Crippen molar-refractivity contribution in [2.24, 2.45) is 0 Å². The van der Waals surface area contributed by atoms with Gasteiger partial charge in [-0.3, -0.25) is 9.89 Å². The molecule has 2 amide bonds. The summed E-state index contributed by atoms with van der Waals surface area (Å²) < 4.78 is 21.4. The van der Waals surface area contributed by atoms with Crippen LogP contribution in [0.1, 0.15) is 42.4 Å². The summed E-state index contributed by atoms with van der Waals surface area (Å²) in [6.07, 6.45) is 0.183. The summed E-state index contributed by atoms with van der Waals surface area (Å²) in [5.41, 5.74) is 1.35. The van der Waals surface area contributed by atoms with Crippen LogP contribution < -0.4 is 19.5 Å². The molecule has 0 atom stereocenters. The van der Waals surface area contributed by atoms with Gasteiger partial charge < -0.3 is 29.2 Å². The number of anilines is 1. The van der Waals surface area contributed by atoms with Crippen molar-refractivity contribution < 1.29 is 28.5 Å². The van der Waals surface area contributed by atoms with E-state index in [1.165, 1.54) is 21.3 Å². The van der Waals surface area contributed by atoms with Crippen LogP contribution in [0, 0.1) is 0 Å². The van der Waals surface area contributed by atoms with Gasteiger partial charge in [-0.1, -0.05) is 0 Å². The lowest BCUT2D eigenvalue weighted by atomic mass is 10.1. The summed E-state index contributed by atoms with van der Waals surface area (Å²) in [5, 5.41) is 9.97. The maximum atomic E-state index is 12.9. The van der Waals surface area contributed by atoms with Gasteiger partial charge in [-0.15, -0.1) is 0 Å². The number of benzene rings is 1. The van der Waals surface area contributed by atoms with Gasteiger partial charge in [0.15, 0.2) is 17.3 Å². The molecule has 10 nitrogen and oxygen atoms in total. The molecular weight excluding hydrogens is 404 g/mol. The second kappa shape index (κ2) is 8.75. The Morgan fingerprint density at radius 3 is 2.29 bits per heavy atom. The highest BCUT2D eigenvalue weighted by Gasteiger charge is 2.29. The van der Waals surface area contributed by atoms with Crippen molar-refractivity contribution in [1.29, 1.82) is 0 Å². The number of aromatic amines is 1. The summed E-state index contributed by atoms with van der Waals surface area (Å²) in [6, 6.07) is 3.12. The molecular formula is C21H28N4O6. The van der Waals surface area contributed by atoms with Crippen LogP contribution in [0.3, 0.4) is 0 Å². The van der Waals surface area contributed by atoms with E-state index in [-0.39, 0.29) is 6.54 Å². The molecule has 0 bridgehead atoms. The molecule has 2 heterocycles. The first-order valence-corrected chi connectivity index (χ1v) is 9.82. The average molecular weight is 432 g/mol. The largest absolute Gasteiger partial charge is 0.493 e. The topological polar surface area (TPSA) is 115 Å². The first-order valence-electron chi connectivity index (χ1n) is 9.82. The molecule has 1 aromatic heterocycles. The van der Waals surface area contributed by atoms with Crippen molar-refractivity contribution in [2.75, 3.05) is 33.2 Å². The number of carbonyl (C=O) groups is 2. The van der Waals surface area contributed by atoms with E-state index in [9.17, 15) is 9.59 Å². The Morgan fingerprint density at radius 1 is 1.10 bits per heavy atom. The van der Waals surface area contributed by atoms with Crippen molar-refractivity contribution in [3.8, 4) is 17.2 Å². The number of hydrogen-bond acceptors (Lipinski definition) is 7. The van der Waals surface area contributed by atoms with Crippen LogP contribution in [0.15, 0.2) is 12.1 Å². The Kier molecular flexibility index (Phi) is 6.28. The number of methoxy groups -OCH3 is 3. The highest BCUT2D eigenvalue weighted by atomic mass is 16.6. The molecule has 0 unspecified atom stereocenters. The van der Waals surface area contributed by atoms with Crippen LogP contribution in [0.25, 0.3) is 0 Å². The minimum absolute atomic E-state index is 0.283. The van der Waals surface area contributed by atoms with E-state index in [4.69, 9.17) is 18.9 Å². The molecule has 0 fully saturated rings. The van der Waals surface area contributed by atoms with Crippen LogP contribution in [-0.2, 0) is 17.7 Å². The second-order valence-electron chi connectivity index (χ2n) is 8.05. The normalized spacial score (nSPS) is 13.3. The van der Waals surface area contributed by atoms with Crippen molar-refractivity contribution >= 4 is 17.8 Å². The third kappa shape index (κ3) is 4.84. The Labute approximate surface area is 180 Å². The fourth-order valence-corrected chi connectivity index (χ4v) is 3.27. The van der Waals surface area contributed by atoms with Crippen molar-refractivity contribution in [2.45, 2.75) is 39.3 Å². The number of ether oxygens (including phenoxy) is 4. The van der Waals surface area contributed by atoms with Gasteiger partial charge in [0, 0.05) is 29.8 Å². The lowest BCUT2D eigenvalue weighted by molar-refractivity contribution is 0.0224. The number of H-pyrrole nitrogens is 1. The number of fused-ring (bicyclic) bond motifs is 1. The predicted octanol–water partition coefficient (Wildman–Crippen LogP) is 2.98. The Balaban J connectivity index is 1.81. The summed E-state index contributed by atoms with van der Waals surface area (Å²) in [6.45, 7) is 6.25. The van der Waals surface area contributed by atoms with Gasteiger partial charge in [0.25, 0.3) is 5.91 Å². The SMILES string of the molecule is COc1cc(C(=O)Nc2n[nH]c3c2CN(C(=O)OC(C)(C)C)CC3)cc(OC)c1OC. The minimum Gasteiger partial charge on any atom is -0.493 e. The quantitative estimate of drug-likeness (QED) is 0.746. The molecule has 10 heteroatoms. The van der Waals surface area contributed by atoms with E-state index in [0.29, 0.717) is 41.6 Å². The molecule has 3 rings (SSSR count). The van der Waals surface area contributed by atoms with Gasteiger partial charge in [0.1, 0.15) is 5.60 Å². The molecule has 1 aromatic carbocycles. The van der Waals surface area contributed by atoms with Crippen molar-refractivity contribution in [3.63, 3.8) is 0 Å². The zero-order valence-corrected chi connectivity index (χ0v) is 18.6. The van der Waals surface area contributed by atoms with E-state index in [1.807, 2.05) is 20.8 Å². The molecule has 0 saturated heterocycles. The summed E-state index contributed by atoms with van der Waals surface area (Å²) in [4.78, 5) is 27.0. The zero-order valence-electron chi connectivity index (χ0n) is 18.6. The summed E-state index contributed by atoms with van der Waals surface area (Å²) >= 11 is 0. The maximum absolute atomic E-state index is 12.9. The number of amides is 2. The molecule has 31 heavy (non-hydrogen) atoms. The zero-order chi connectivity index (χ0) is 22.8. The Bertz CT molecular complexity index is 954. The highest BCUT2D eigenvalue weighted by Crippen LogP contribution is 2.38. The second-order valence-corrected chi connectivity index (χ2v) is 8.05. The lowest BCUT2D eigenvalue weighted by Gasteiger charge is -2.30. The number of rotatable bonds is 5. The van der Waals surface area contributed by atoms with E-state index >= 15 is 0 Å². The summed E-state index contributed by atoms with van der Waals surface area (Å²) in [5.74, 6) is 1.09. The Hall–Kier alpha value is -3.43. The monoisotopic (exact) mass is 432 g/mol. The maximum Gasteiger partial charge on any atom is 0.410 e. The number of nitrogens with zero attached hydrogens (tertiary/aromatic N) is 2. The average Bonchev–Trinajstić information content (AvgIpc) is 3.13. The molecule has 2 N–H and O–H groups in total. The molecule has 0 saturated carbocycles. The smallest absolute Gasteiger partial charge is 0.410 e. The number of nitrogens with one attached hydrogen (secondary N) is 2. The van der Waals surface area contributed by atoms with Crippen molar-refractivity contribution in [3.05, 3.63) is 29.0 Å². The van der Waals surface area contributed by atoms with E-state index in [1.54, 1.807) is 17.0 Å². The summed E-state index contributed by atoms with van der Waals surface area (Å²) in [7, 11) is 4.45. The fourth-order valence-electron chi connectivity index (χ4n) is 3.27. The van der Waals surface area contributed by atoms with E-state index < -0.39 is 17.6 Å². The van der Waals surface area contributed by atoms with Gasteiger partial charge in [0.2, 0.25) is 5.75 Å². The van der Waals surface area contributed by atoms with Gasteiger partial charge in [-0.25, -0.2) is 4.79 Å². The minimum atomic E-state index is -0.586. The Morgan fingerprint density at radius 2 is 1.74 bits per heavy atom. The molecule has 168 valence electrons. The first kappa shape index (κ1) is 22.3. The molecule has 0 radical (unpaired) electrons. The van der Waals surface area contributed by atoms with Crippen LogP contribution in [0.4, 0.5) is 10.6 Å². The third-order valence-corrected chi connectivity index (χ3v) is 4.74. The van der Waals surface area contributed by atoms with Gasteiger partial charge >= 0.3 is 6.09 Å². The number of carbonyl (C=O) groups excluding carboxylic acids is 2. The predicted molar refractivity (Wildman–Crippen MR) is 113 cm³/mol. The third-order valence-electron chi connectivity index (χ3n) is 4.74. The molecule has 0 aliphatic carbocycles. The first-order chi connectivity index (χ1) is 14.7. The molecule has 0 spiro atoms. The standard InChI is InChI=1S/C21H28N4O6/c1-21(2,3)31-20(27)25-8-7-14-13(11-25)18(24-23-14)22-19(26)12-9-15(28-4)17(30-6)16(10-12)29-5/h9-10H,7-8,11H2,1-6H3,(H2,22,23,24,26). The van der Waals surface area contributed by atoms with Gasteiger partial charge in [-0.05, 0) is 32.9 Å². The fraction of sp³-hybridized carbons (Fsp3) is 0.476. The van der Waals surface area contributed by atoms with Gasteiger partial charge in [-0.2, -0.15) is 5.10 Å². The van der Waals surface area contributed by atoms with Crippen LogP contribution in [0.5, 0.6) is 17.2 Å². The molecule has 1 aliphatic rings. The number of aromatic nitrogens is 2. The van der Waals surface area contributed by atoms with Crippen LogP contribution in [0.2, 0.25) is 0 Å². The number of hydrogen-bond donors (Lipinski definition) is 2. The highest BCUT2D eigenvalue weighted by molar-refractivity contribution is 6.05. The molecule has 2 aromatic rings. The van der Waals surface area contributed by atoms with Crippen molar-refractivity contribution in [1.82, 2.24) is 15.1 Å².